The minimum absolute atomic E-state index is 0.0807. The van der Waals surface area contributed by atoms with Gasteiger partial charge in [-0.3, -0.25) is 19.0 Å². The predicted octanol–water partition coefficient (Wildman–Crippen LogP) is 1.98. The second kappa shape index (κ2) is 8.29. The van der Waals surface area contributed by atoms with E-state index in [1.807, 2.05) is 30.3 Å². The van der Waals surface area contributed by atoms with E-state index in [2.05, 4.69) is 9.97 Å². The first kappa shape index (κ1) is 21.1. The van der Waals surface area contributed by atoms with Gasteiger partial charge in [-0.25, -0.2) is 4.98 Å². The molecule has 0 saturated carbocycles. The molecule has 1 aliphatic heterocycles. The van der Waals surface area contributed by atoms with Gasteiger partial charge in [0.1, 0.15) is 0 Å². The highest BCUT2D eigenvalue weighted by Gasteiger charge is 2.31. The van der Waals surface area contributed by atoms with Crippen LogP contribution in [0.2, 0.25) is 0 Å². The fourth-order valence-electron chi connectivity index (χ4n) is 4.68. The van der Waals surface area contributed by atoms with Gasteiger partial charge in [-0.05, 0) is 35.4 Å². The van der Waals surface area contributed by atoms with Gasteiger partial charge in [0.2, 0.25) is 11.5 Å². The second-order valence-electron chi connectivity index (χ2n) is 8.56. The van der Waals surface area contributed by atoms with Crippen LogP contribution < -0.4 is 11.1 Å². The highest BCUT2D eigenvalue weighted by atomic mass is 16.3. The molecule has 0 radical (unpaired) electrons. The van der Waals surface area contributed by atoms with Crippen LogP contribution in [-0.2, 0) is 11.2 Å². The molecule has 1 aliphatic rings. The van der Waals surface area contributed by atoms with Gasteiger partial charge in [0, 0.05) is 37.7 Å². The topological polar surface area (TPSA) is 108 Å². The fourth-order valence-corrected chi connectivity index (χ4v) is 4.68. The van der Waals surface area contributed by atoms with Gasteiger partial charge in [-0.15, -0.1) is 0 Å². The molecule has 8 nitrogen and oxygen atoms in total. The third-order valence-corrected chi connectivity index (χ3v) is 6.47. The van der Waals surface area contributed by atoms with Gasteiger partial charge in [0.15, 0.2) is 0 Å². The maximum atomic E-state index is 13.6. The molecule has 4 aromatic rings. The number of nitrogens with one attached hydrogen (secondary N) is 1. The molecule has 2 aromatic heterocycles. The zero-order valence-corrected chi connectivity index (χ0v) is 18.2. The minimum atomic E-state index is -0.737. The van der Waals surface area contributed by atoms with Crippen molar-refractivity contribution >= 4 is 27.6 Å². The van der Waals surface area contributed by atoms with Crippen molar-refractivity contribution in [1.29, 1.82) is 0 Å². The molecule has 5 rings (SSSR count). The summed E-state index contributed by atoms with van der Waals surface area (Å²) in [6, 6.07) is 12.4. The van der Waals surface area contributed by atoms with Gasteiger partial charge in [0.25, 0.3) is 5.56 Å². The average Bonchev–Trinajstić information content (AvgIpc) is 2.82. The van der Waals surface area contributed by atoms with Crippen molar-refractivity contribution in [3.8, 4) is 0 Å². The standard InChI is InChI=1S/C25H24N4O4/c1-15(30)28-9-8-22(31)21(13-28)29-14-27-24-19-5-3-2-4-18(19)17(11-20(24)25(29)33)10-16-6-7-23(32)26-12-16/h2-7,11-12,14,21-22,31H,8-10,13H2,1H3,(H,26,32)/t21-,22-/m0/s1. The first-order valence-corrected chi connectivity index (χ1v) is 10.9. The SMILES string of the molecule is CC(=O)N1CC[C@H](O)[C@@H](n2cnc3c(cc(Cc4ccc(=O)[nH]c4)c4ccccc43)c2=O)C1. The minimum Gasteiger partial charge on any atom is -0.391 e. The lowest BCUT2D eigenvalue weighted by molar-refractivity contribution is -0.132. The number of aliphatic hydroxyl groups excluding tert-OH is 1. The van der Waals surface area contributed by atoms with E-state index < -0.39 is 12.1 Å². The summed E-state index contributed by atoms with van der Waals surface area (Å²) in [5.74, 6) is -0.0807. The normalized spacial score (nSPS) is 18.7. The highest BCUT2D eigenvalue weighted by molar-refractivity contribution is 6.06. The van der Waals surface area contributed by atoms with Crippen molar-refractivity contribution < 1.29 is 9.90 Å². The van der Waals surface area contributed by atoms with E-state index in [0.717, 1.165) is 21.9 Å². The summed E-state index contributed by atoms with van der Waals surface area (Å²) in [4.78, 5) is 45.9. The Labute approximate surface area is 189 Å². The molecule has 2 atom stereocenters. The Balaban J connectivity index is 1.67. The fraction of sp³-hybridized carbons (Fsp3) is 0.280. The van der Waals surface area contributed by atoms with E-state index in [4.69, 9.17) is 0 Å². The summed E-state index contributed by atoms with van der Waals surface area (Å²) in [6.07, 6.45) is 3.36. The Kier molecular flexibility index (Phi) is 5.30. The lowest BCUT2D eigenvalue weighted by Crippen LogP contribution is -2.48. The summed E-state index contributed by atoms with van der Waals surface area (Å²) in [6.45, 7) is 2.23. The van der Waals surface area contributed by atoms with Crippen molar-refractivity contribution in [2.24, 2.45) is 0 Å². The smallest absolute Gasteiger partial charge is 0.261 e. The number of aliphatic hydroxyl groups is 1. The first-order valence-electron chi connectivity index (χ1n) is 10.9. The van der Waals surface area contributed by atoms with E-state index in [9.17, 15) is 19.5 Å². The lowest BCUT2D eigenvalue weighted by Gasteiger charge is -2.36. The van der Waals surface area contributed by atoms with E-state index in [-0.39, 0.29) is 23.6 Å². The third-order valence-electron chi connectivity index (χ3n) is 6.47. The van der Waals surface area contributed by atoms with Crippen LogP contribution >= 0.6 is 0 Å². The number of rotatable bonds is 3. The number of hydrogen-bond donors (Lipinski definition) is 2. The summed E-state index contributed by atoms with van der Waals surface area (Å²) >= 11 is 0. The molecule has 2 N–H and O–H groups in total. The van der Waals surface area contributed by atoms with E-state index in [0.29, 0.717) is 30.3 Å². The van der Waals surface area contributed by atoms with Crippen molar-refractivity contribution in [3.05, 3.63) is 86.8 Å². The third kappa shape index (κ3) is 3.82. The number of carbonyl (C=O) groups excluding carboxylic acids is 1. The first-order chi connectivity index (χ1) is 15.9. The molecular weight excluding hydrogens is 420 g/mol. The van der Waals surface area contributed by atoms with Gasteiger partial charge >= 0.3 is 0 Å². The number of pyridine rings is 1. The molecule has 168 valence electrons. The largest absolute Gasteiger partial charge is 0.391 e. The Bertz CT molecular complexity index is 1470. The van der Waals surface area contributed by atoms with Crippen molar-refractivity contribution in [2.45, 2.75) is 31.9 Å². The number of aromatic amines is 1. The molecule has 0 spiro atoms. The molecule has 1 amide bonds. The van der Waals surface area contributed by atoms with Crippen LogP contribution in [0.25, 0.3) is 21.7 Å². The van der Waals surface area contributed by atoms with Crippen LogP contribution in [0.5, 0.6) is 0 Å². The number of H-pyrrole nitrogens is 1. The van der Waals surface area contributed by atoms with Crippen LogP contribution in [0, 0.1) is 0 Å². The molecular formula is C25H24N4O4. The molecule has 0 bridgehead atoms. The van der Waals surface area contributed by atoms with E-state index in [1.165, 1.54) is 23.9 Å². The lowest BCUT2D eigenvalue weighted by atomic mass is 9.96. The number of nitrogens with zero attached hydrogens (tertiary/aromatic N) is 3. The number of fused-ring (bicyclic) bond motifs is 3. The van der Waals surface area contributed by atoms with Crippen molar-refractivity contribution in [3.63, 3.8) is 0 Å². The predicted molar refractivity (Wildman–Crippen MR) is 125 cm³/mol. The second-order valence-corrected chi connectivity index (χ2v) is 8.56. The molecule has 0 unspecified atom stereocenters. The van der Waals surface area contributed by atoms with Gasteiger partial charge in [-0.2, -0.15) is 0 Å². The van der Waals surface area contributed by atoms with Crippen LogP contribution in [0.15, 0.2) is 64.6 Å². The van der Waals surface area contributed by atoms with Crippen LogP contribution in [0.4, 0.5) is 0 Å². The van der Waals surface area contributed by atoms with Gasteiger partial charge < -0.3 is 15.0 Å². The quantitative estimate of drug-likeness (QED) is 0.470. The highest BCUT2D eigenvalue weighted by Crippen LogP contribution is 2.28. The van der Waals surface area contributed by atoms with E-state index in [1.54, 1.807) is 17.2 Å². The summed E-state index contributed by atoms with van der Waals surface area (Å²) in [7, 11) is 0. The van der Waals surface area contributed by atoms with Crippen LogP contribution in [0.1, 0.15) is 30.5 Å². The Morgan fingerprint density at radius 1 is 1.15 bits per heavy atom. The summed E-state index contributed by atoms with van der Waals surface area (Å²) in [5.41, 5.74) is 2.05. The van der Waals surface area contributed by atoms with E-state index >= 15 is 0 Å². The van der Waals surface area contributed by atoms with Gasteiger partial charge in [0.05, 0.1) is 29.4 Å². The van der Waals surface area contributed by atoms with Crippen LogP contribution in [0.3, 0.4) is 0 Å². The number of aromatic nitrogens is 3. The van der Waals surface area contributed by atoms with Crippen LogP contribution in [-0.4, -0.2) is 49.6 Å². The monoisotopic (exact) mass is 444 g/mol. The maximum Gasteiger partial charge on any atom is 0.261 e. The Morgan fingerprint density at radius 2 is 1.94 bits per heavy atom. The number of likely N-dealkylation sites (tertiary alicyclic amines) is 1. The number of piperidine rings is 1. The zero-order chi connectivity index (χ0) is 23.1. The Morgan fingerprint density at radius 3 is 2.67 bits per heavy atom. The Hall–Kier alpha value is -3.78. The number of amides is 1. The maximum absolute atomic E-state index is 13.6. The summed E-state index contributed by atoms with van der Waals surface area (Å²) < 4.78 is 1.46. The average molecular weight is 444 g/mol. The van der Waals surface area contributed by atoms with Crippen molar-refractivity contribution in [2.75, 3.05) is 13.1 Å². The number of carbonyl (C=O) groups is 1. The zero-order valence-electron chi connectivity index (χ0n) is 18.2. The number of hydrogen-bond acceptors (Lipinski definition) is 5. The molecule has 1 saturated heterocycles. The number of benzene rings is 2. The molecule has 33 heavy (non-hydrogen) atoms. The molecule has 2 aromatic carbocycles. The summed E-state index contributed by atoms with van der Waals surface area (Å²) in [5, 5.41) is 12.9. The van der Waals surface area contributed by atoms with Crippen molar-refractivity contribution in [1.82, 2.24) is 19.4 Å². The molecule has 1 fully saturated rings. The van der Waals surface area contributed by atoms with Gasteiger partial charge in [-0.1, -0.05) is 30.3 Å². The molecule has 3 heterocycles. The molecule has 0 aliphatic carbocycles. The molecule has 8 heteroatoms.